The van der Waals surface area contributed by atoms with E-state index >= 15 is 0 Å². The fourth-order valence-electron chi connectivity index (χ4n) is 3.72. The number of anilines is 2. The molecule has 0 radical (unpaired) electrons. The molecule has 3 aromatic rings. The van der Waals surface area contributed by atoms with Crippen LogP contribution in [-0.4, -0.2) is 46.8 Å². The maximum Gasteiger partial charge on any atom is 0.322 e. The maximum absolute atomic E-state index is 13.2. The Balaban J connectivity index is 1.83. The second-order valence-electron chi connectivity index (χ2n) is 9.82. The molecule has 0 atom stereocenters. The summed E-state index contributed by atoms with van der Waals surface area (Å²) in [6, 6.07) is 16.6. The molecule has 36 heavy (non-hydrogen) atoms. The molecular formula is C28H37N5O3. The van der Waals surface area contributed by atoms with Crippen LogP contribution >= 0.6 is 0 Å². The second kappa shape index (κ2) is 11.7. The lowest BCUT2D eigenvalue weighted by Gasteiger charge is -2.23. The average Bonchev–Trinajstić information content (AvgIpc) is 3.26. The monoisotopic (exact) mass is 491 g/mol. The van der Waals surface area contributed by atoms with Gasteiger partial charge in [0, 0.05) is 18.0 Å². The quantitative estimate of drug-likeness (QED) is 0.398. The van der Waals surface area contributed by atoms with Gasteiger partial charge in [0.15, 0.2) is 0 Å². The lowest BCUT2D eigenvalue weighted by atomic mass is 9.92. The van der Waals surface area contributed by atoms with Gasteiger partial charge in [-0.25, -0.2) is 9.48 Å². The van der Waals surface area contributed by atoms with E-state index in [1.807, 2.05) is 56.3 Å². The van der Waals surface area contributed by atoms with Gasteiger partial charge >= 0.3 is 6.03 Å². The Morgan fingerprint density at radius 2 is 1.75 bits per heavy atom. The minimum Gasteiger partial charge on any atom is -0.495 e. The van der Waals surface area contributed by atoms with Crippen LogP contribution in [0.5, 0.6) is 5.75 Å². The third kappa shape index (κ3) is 6.65. The number of carbonyl (C=O) groups excluding carboxylic acids is 2. The zero-order valence-electron chi connectivity index (χ0n) is 22.1. The van der Waals surface area contributed by atoms with Gasteiger partial charge in [0.1, 0.15) is 18.1 Å². The Labute approximate surface area is 213 Å². The molecular weight excluding hydrogens is 454 g/mol. The Hall–Kier alpha value is -3.81. The molecule has 0 bridgehead atoms. The van der Waals surface area contributed by atoms with Crippen LogP contribution in [0.4, 0.5) is 16.3 Å². The summed E-state index contributed by atoms with van der Waals surface area (Å²) in [6.45, 7) is 10.7. The minimum atomic E-state index is -0.356. The number of hydrogen-bond acceptors (Lipinski definition) is 4. The largest absolute Gasteiger partial charge is 0.495 e. The van der Waals surface area contributed by atoms with Gasteiger partial charge in [0.25, 0.3) is 0 Å². The van der Waals surface area contributed by atoms with Crippen LogP contribution in [0.2, 0.25) is 0 Å². The lowest BCUT2D eigenvalue weighted by Crippen LogP contribution is -2.41. The number of benzene rings is 2. The predicted octanol–water partition coefficient (Wildman–Crippen LogP) is 5.76. The number of aromatic nitrogens is 2. The second-order valence-corrected chi connectivity index (χ2v) is 9.82. The van der Waals surface area contributed by atoms with Crippen LogP contribution in [0.15, 0.2) is 54.6 Å². The Morgan fingerprint density at radius 3 is 2.42 bits per heavy atom. The van der Waals surface area contributed by atoms with Crippen molar-refractivity contribution < 1.29 is 14.3 Å². The van der Waals surface area contributed by atoms with Crippen molar-refractivity contribution in [3.8, 4) is 11.4 Å². The Kier molecular flexibility index (Phi) is 8.74. The highest BCUT2D eigenvalue weighted by Gasteiger charge is 2.24. The summed E-state index contributed by atoms with van der Waals surface area (Å²) in [5.41, 5.74) is 3.14. The van der Waals surface area contributed by atoms with Crippen molar-refractivity contribution in [2.45, 2.75) is 52.9 Å². The molecule has 1 heterocycles. The molecule has 8 nitrogen and oxygen atoms in total. The molecule has 8 heteroatoms. The first kappa shape index (κ1) is 26.8. The minimum absolute atomic E-state index is 0.0925. The molecule has 0 saturated heterocycles. The zero-order valence-corrected chi connectivity index (χ0v) is 22.1. The molecule has 0 unspecified atom stereocenters. The highest BCUT2D eigenvalue weighted by Crippen LogP contribution is 2.27. The molecule has 0 saturated carbocycles. The van der Waals surface area contributed by atoms with Crippen molar-refractivity contribution in [3.63, 3.8) is 0 Å². The summed E-state index contributed by atoms with van der Waals surface area (Å²) in [6.07, 6.45) is 1.68. The number of methoxy groups -OCH3 is 1. The third-order valence-electron chi connectivity index (χ3n) is 5.84. The molecule has 3 amide bonds. The lowest BCUT2D eigenvalue weighted by molar-refractivity contribution is -0.116. The van der Waals surface area contributed by atoms with E-state index in [1.165, 1.54) is 4.90 Å². The first-order valence-corrected chi connectivity index (χ1v) is 12.3. The molecule has 1 aromatic heterocycles. The van der Waals surface area contributed by atoms with Gasteiger partial charge in [-0.05, 0) is 37.1 Å². The fourth-order valence-corrected chi connectivity index (χ4v) is 3.72. The molecule has 0 aliphatic heterocycles. The van der Waals surface area contributed by atoms with Gasteiger partial charge < -0.3 is 20.3 Å². The number of nitrogens with one attached hydrogen (secondary N) is 2. The number of para-hydroxylation sites is 3. The van der Waals surface area contributed by atoms with Crippen LogP contribution in [0, 0.1) is 6.92 Å². The van der Waals surface area contributed by atoms with E-state index in [9.17, 15) is 9.59 Å². The van der Waals surface area contributed by atoms with Crippen molar-refractivity contribution in [2.24, 2.45) is 0 Å². The number of ether oxygens (including phenoxy) is 1. The smallest absolute Gasteiger partial charge is 0.322 e. The number of hydrogen-bond donors (Lipinski definition) is 2. The van der Waals surface area contributed by atoms with E-state index in [0.717, 1.165) is 29.8 Å². The Morgan fingerprint density at radius 1 is 1.06 bits per heavy atom. The molecule has 2 aromatic carbocycles. The molecule has 2 N–H and O–H groups in total. The summed E-state index contributed by atoms with van der Waals surface area (Å²) >= 11 is 0. The summed E-state index contributed by atoms with van der Waals surface area (Å²) in [7, 11) is 1.55. The number of urea groups is 1. The fraction of sp³-hybridized carbons (Fsp3) is 0.393. The van der Waals surface area contributed by atoms with Crippen molar-refractivity contribution >= 4 is 23.4 Å². The van der Waals surface area contributed by atoms with Gasteiger partial charge in [0.2, 0.25) is 5.91 Å². The first-order chi connectivity index (χ1) is 17.1. The van der Waals surface area contributed by atoms with Crippen molar-refractivity contribution in [1.82, 2.24) is 14.7 Å². The molecule has 192 valence electrons. The van der Waals surface area contributed by atoms with E-state index in [1.54, 1.807) is 23.9 Å². The van der Waals surface area contributed by atoms with E-state index in [4.69, 9.17) is 9.84 Å². The molecule has 0 aliphatic rings. The van der Waals surface area contributed by atoms with E-state index in [2.05, 4.69) is 31.4 Å². The van der Waals surface area contributed by atoms with Crippen LogP contribution in [0.25, 0.3) is 5.69 Å². The standard InChI is InChI=1S/C28H37N5O3/c1-7-8-17-32(27(35)29-21-14-10-12-16-23(21)36-6)19-26(34)30-25-18-24(28(3,4)5)31-33(25)22-15-11-9-13-20(22)2/h9-16,18H,7-8,17,19H2,1-6H3,(H,29,35)(H,30,34). The molecule has 3 rings (SSSR count). The van der Waals surface area contributed by atoms with Crippen LogP contribution in [0.1, 0.15) is 51.8 Å². The molecule has 0 fully saturated rings. The third-order valence-corrected chi connectivity index (χ3v) is 5.84. The number of unbranched alkanes of at least 4 members (excludes halogenated alkanes) is 1. The number of amides is 3. The van der Waals surface area contributed by atoms with Gasteiger partial charge in [-0.15, -0.1) is 0 Å². The van der Waals surface area contributed by atoms with E-state index in [0.29, 0.717) is 23.8 Å². The molecule has 0 spiro atoms. The van der Waals surface area contributed by atoms with Crippen molar-refractivity contribution in [1.29, 1.82) is 0 Å². The van der Waals surface area contributed by atoms with Crippen LogP contribution in [-0.2, 0) is 10.2 Å². The number of aryl methyl sites for hydroxylation is 1. The Bertz CT molecular complexity index is 1200. The zero-order chi connectivity index (χ0) is 26.3. The number of nitrogens with zero attached hydrogens (tertiary/aromatic N) is 3. The maximum atomic E-state index is 13.2. The van der Waals surface area contributed by atoms with Crippen molar-refractivity contribution in [2.75, 3.05) is 30.8 Å². The average molecular weight is 492 g/mol. The van der Waals surface area contributed by atoms with Crippen LogP contribution < -0.4 is 15.4 Å². The highest BCUT2D eigenvalue weighted by atomic mass is 16.5. The van der Waals surface area contributed by atoms with Crippen LogP contribution in [0.3, 0.4) is 0 Å². The van der Waals surface area contributed by atoms with Gasteiger partial charge in [-0.3, -0.25) is 4.79 Å². The normalized spacial score (nSPS) is 11.2. The SMILES string of the molecule is CCCCN(CC(=O)Nc1cc(C(C)(C)C)nn1-c1ccccc1C)C(=O)Nc1ccccc1OC. The highest BCUT2D eigenvalue weighted by molar-refractivity contribution is 5.97. The van der Waals surface area contributed by atoms with Gasteiger partial charge in [0.05, 0.1) is 24.2 Å². The topological polar surface area (TPSA) is 88.5 Å². The van der Waals surface area contributed by atoms with Gasteiger partial charge in [-0.2, -0.15) is 5.10 Å². The van der Waals surface area contributed by atoms with E-state index < -0.39 is 0 Å². The molecule has 0 aliphatic carbocycles. The summed E-state index contributed by atoms with van der Waals surface area (Å²) < 4.78 is 7.10. The number of rotatable bonds is 9. The summed E-state index contributed by atoms with van der Waals surface area (Å²) in [5.74, 6) is 0.832. The summed E-state index contributed by atoms with van der Waals surface area (Å²) in [4.78, 5) is 27.8. The first-order valence-electron chi connectivity index (χ1n) is 12.3. The number of carbonyl (C=O) groups is 2. The predicted molar refractivity (Wildman–Crippen MR) is 144 cm³/mol. The summed E-state index contributed by atoms with van der Waals surface area (Å²) in [5, 5.41) is 10.7. The van der Waals surface area contributed by atoms with Crippen molar-refractivity contribution in [3.05, 3.63) is 65.9 Å². The van der Waals surface area contributed by atoms with Gasteiger partial charge in [-0.1, -0.05) is 64.4 Å². The van der Waals surface area contributed by atoms with E-state index in [-0.39, 0.29) is 23.9 Å².